The summed E-state index contributed by atoms with van der Waals surface area (Å²) in [7, 11) is 0. The van der Waals surface area contributed by atoms with Gasteiger partial charge in [0, 0.05) is 37.7 Å². The number of halogens is 1. The molecule has 0 unspecified atom stereocenters. The van der Waals surface area contributed by atoms with Crippen LogP contribution in [0, 0.1) is 0 Å². The molecule has 1 heterocycles. The Morgan fingerprint density at radius 1 is 0.778 bits per heavy atom. The molecule has 3 aromatic rings. The van der Waals surface area contributed by atoms with Gasteiger partial charge in [-0.25, -0.2) is 0 Å². The Kier molecular flexibility index (Phi) is 10.00. The van der Waals surface area contributed by atoms with Crippen LogP contribution in [-0.2, 0) is 0 Å². The van der Waals surface area contributed by atoms with Crippen LogP contribution in [0.5, 0.6) is 5.75 Å². The van der Waals surface area contributed by atoms with E-state index in [9.17, 15) is 0 Å². The standard InChI is InChI=1S/C31H38ClN3O/c1-2-30(25-7-4-3-5-8-25)31(26-9-13-28(32)14-10-26)27-11-15-29(16-12-27)36-24-23-35-21-19-34(20-22-35)18-6-17-33/h3-5,7-16H,2,6,17-24,33H2,1H3/b31-30-. The SMILES string of the molecule is CC/C(=C(\c1ccc(Cl)cc1)c1ccc(OCCN2CCN(CCCN)CC2)cc1)c1ccccc1. The summed E-state index contributed by atoms with van der Waals surface area (Å²) in [6.45, 7) is 10.2. The van der Waals surface area contributed by atoms with Crippen LogP contribution in [0.4, 0.5) is 0 Å². The Labute approximate surface area is 221 Å². The first-order chi connectivity index (χ1) is 17.7. The van der Waals surface area contributed by atoms with Crippen molar-refractivity contribution in [3.05, 3.63) is 101 Å². The van der Waals surface area contributed by atoms with Gasteiger partial charge in [-0.3, -0.25) is 4.90 Å². The Balaban J connectivity index is 1.44. The molecule has 2 N–H and O–H groups in total. The number of hydrogen-bond acceptors (Lipinski definition) is 4. The van der Waals surface area contributed by atoms with E-state index in [0.29, 0.717) is 6.61 Å². The fraction of sp³-hybridized carbons (Fsp3) is 0.355. The van der Waals surface area contributed by atoms with Gasteiger partial charge in [0.2, 0.25) is 0 Å². The third-order valence-electron chi connectivity index (χ3n) is 6.87. The fourth-order valence-corrected chi connectivity index (χ4v) is 4.98. The molecule has 5 heteroatoms. The average molecular weight is 504 g/mol. The first-order valence-electron chi connectivity index (χ1n) is 13.1. The van der Waals surface area contributed by atoms with Gasteiger partial charge in [-0.1, -0.05) is 73.1 Å². The molecule has 0 aromatic heterocycles. The molecule has 36 heavy (non-hydrogen) atoms. The minimum atomic E-state index is 0.701. The molecule has 3 aromatic carbocycles. The van der Waals surface area contributed by atoms with Crippen LogP contribution in [0.1, 0.15) is 36.5 Å². The van der Waals surface area contributed by atoms with E-state index >= 15 is 0 Å². The number of piperazine rings is 1. The summed E-state index contributed by atoms with van der Waals surface area (Å²) in [5, 5.41) is 0.747. The average Bonchev–Trinajstić information content (AvgIpc) is 2.93. The molecule has 0 bridgehead atoms. The quantitative estimate of drug-likeness (QED) is 0.323. The number of allylic oxidation sites excluding steroid dienone is 1. The lowest BCUT2D eigenvalue weighted by atomic mass is 9.88. The van der Waals surface area contributed by atoms with Crippen LogP contribution < -0.4 is 10.5 Å². The first kappa shape index (κ1) is 26.4. The Hall–Kier alpha value is -2.63. The molecule has 4 rings (SSSR count). The van der Waals surface area contributed by atoms with E-state index in [4.69, 9.17) is 22.1 Å². The van der Waals surface area contributed by atoms with E-state index in [1.54, 1.807) is 0 Å². The summed E-state index contributed by atoms with van der Waals surface area (Å²) < 4.78 is 6.12. The maximum Gasteiger partial charge on any atom is 0.119 e. The van der Waals surface area contributed by atoms with Crippen molar-refractivity contribution in [1.82, 2.24) is 9.80 Å². The highest BCUT2D eigenvalue weighted by Gasteiger charge is 2.16. The number of rotatable bonds is 11. The zero-order chi connectivity index (χ0) is 25.2. The van der Waals surface area contributed by atoms with Gasteiger partial charge in [-0.05, 0) is 78.0 Å². The van der Waals surface area contributed by atoms with Crippen LogP contribution in [0.3, 0.4) is 0 Å². The van der Waals surface area contributed by atoms with E-state index in [0.717, 1.165) is 69.4 Å². The van der Waals surface area contributed by atoms with E-state index in [-0.39, 0.29) is 0 Å². The maximum absolute atomic E-state index is 6.20. The largest absolute Gasteiger partial charge is 0.492 e. The summed E-state index contributed by atoms with van der Waals surface area (Å²) in [6, 6.07) is 27.3. The van der Waals surface area contributed by atoms with Crippen molar-refractivity contribution in [2.75, 3.05) is 52.4 Å². The maximum atomic E-state index is 6.20. The molecule has 0 saturated carbocycles. The van der Waals surface area contributed by atoms with Gasteiger partial charge in [0.1, 0.15) is 12.4 Å². The van der Waals surface area contributed by atoms with Gasteiger partial charge in [-0.2, -0.15) is 0 Å². The van der Waals surface area contributed by atoms with Crippen molar-refractivity contribution in [3.63, 3.8) is 0 Å². The van der Waals surface area contributed by atoms with Gasteiger partial charge >= 0.3 is 0 Å². The summed E-state index contributed by atoms with van der Waals surface area (Å²) in [4.78, 5) is 5.00. The van der Waals surface area contributed by atoms with Gasteiger partial charge in [0.25, 0.3) is 0 Å². The lowest BCUT2D eigenvalue weighted by Crippen LogP contribution is -2.47. The molecule has 1 aliphatic rings. The summed E-state index contributed by atoms with van der Waals surface area (Å²) >= 11 is 6.20. The van der Waals surface area contributed by atoms with Gasteiger partial charge in [-0.15, -0.1) is 0 Å². The number of nitrogens with zero attached hydrogens (tertiary/aromatic N) is 2. The van der Waals surface area contributed by atoms with E-state index in [1.165, 1.54) is 27.8 Å². The molecule has 1 fully saturated rings. The van der Waals surface area contributed by atoms with Crippen molar-refractivity contribution in [1.29, 1.82) is 0 Å². The van der Waals surface area contributed by atoms with E-state index in [2.05, 4.69) is 83.5 Å². The number of benzene rings is 3. The predicted molar refractivity (Wildman–Crippen MR) is 153 cm³/mol. The van der Waals surface area contributed by atoms with E-state index < -0.39 is 0 Å². The van der Waals surface area contributed by atoms with Crippen LogP contribution in [0.2, 0.25) is 5.02 Å². The number of nitrogens with two attached hydrogens (primary N) is 1. The second-order valence-corrected chi connectivity index (χ2v) is 9.71. The highest BCUT2D eigenvalue weighted by Crippen LogP contribution is 2.35. The number of ether oxygens (including phenoxy) is 1. The van der Waals surface area contributed by atoms with Gasteiger partial charge < -0.3 is 15.4 Å². The molecule has 0 aliphatic carbocycles. The van der Waals surface area contributed by atoms with Crippen molar-refractivity contribution in [3.8, 4) is 5.75 Å². The third-order valence-corrected chi connectivity index (χ3v) is 7.13. The molecular weight excluding hydrogens is 466 g/mol. The molecule has 190 valence electrons. The Morgan fingerprint density at radius 2 is 1.36 bits per heavy atom. The topological polar surface area (TPSA) is 41.7 Å². The zero-order valence-corrected chi connectivity index (χ0v) is 22.1. The summed E-state index contributed by atoms with van der Waals surface area (Å²) in [6.07, 6.45) is 2.01. The molecule has 1 aliphatic heterocycles. The van der Waals surface area contributed by atoms with Crippen molar-refractivity contribution in [2.24, 2.45) is 5.73 Å². The smallest absolute Gasteiger partial charge is 0.119 e. The summed E-state index contributed by atoms with van der Waals surface area (Å²) in [5.74, 6) is 0.911. The molecule has 0 radical (unpaired) electrons. The summed E-state index contributed by atoms with van der Waals surface area (Å²) in [5.41, 5.74) is 11.8. The van der Waals surface area contributed by atoms with Gasteiger partial charge in [0.15, 0.2) is 0 Å². The van der Waals surface area contributed by atoms with Gasteiger partial charge in [0.05, 0.1) is 0 Å². The lowest BCUT2D eigenvalue weighted by Gasteiger charge is -2.34. The minimum absolute atomic E-state index is 0.701. The van der Waals surface area contributed by atoms with Crippen molar-refractivity contribution >= 4 is 22.7 Å². The van der Waals surface area contributed by atoms with Crippen LogP contribution in [0.15, 0.2) is 78.9 Å². The van der Waals surface area contributed by atoms with Crippen molar-refractivity contribution < 1.29 is 4.74 Å². The molecule has 0 atom stereocenters. The lowest BCUT2D eigenvalue weighted by molar-refractivity contribution is 0.116. The van der Waals surface area contributed by atoms with Crippen molar-refractivity contribution in [2.45, 2.75) is 19.8 Å². The Morgan fingerprint density at radius 3 is 1.94 bits per heavy atom. The molecule has 1 saturated heterocycles. The molecule has 0 amide bonds. The fourth-order valence-electron chi connectivity index (χ4n) is 4.86. The minimum Gasteiger partial charge on any atom is -0.492 e. The first-order valence-corrected chi connectivity index (χ1v) is 13.5. The van der Waals surface area contributed by atoms with Crippen LogP contribution in [-0.4, -0.2) is 62.2 Å². The Bertz CT molecular complexity index is 1090. The van der Waals surface area contributed by atoms with E-state index in [1.807, 2.05) is 12.1 Å². The normalized spacial score (nSPS) is 15.5. The monoisotopic (exact) mass is 503 g/mol. The second-order valence-electron chi connectivity index (χ2n) is 9.28. The third kappa shape index (κ3) is 7.21. The van der Waals surface area contributed by atoms with Crippen LogP contribution >= 0.6 is 11.6 Å². The predicted octanol–water partition coefficient (Wildman–Crippen LogP) is 6.05. The highest BCUT2D eigenvalue weighted by molar-refractivity contribution is 6.30. The highest BCUT2D eigenvalue weighted by atomic mass is 35.5. The second kappa shape index (κ2) is 13.6. The zero-order valence-electron chi connectivity index (χ0n) is 21.3. The molecular formula is C31H38ClN3O. The molecule has 4 nitrogen and oxygen atoms in total. The number of hydrogen-bond donors (Lipinski definition) is 1. The molecule has 0 spiro atoms. The van der Waals surface area contributed by atoms with Crippen LogP contribution in [0.25, 0.3) is 11.1 Å².